The number of benzene rings is 1. The summed E-state index contributed by atoms with van der Waals surface area (Å²) in [4.78, 5) is 4.81. The van der Waals surface area contributed by atoms with E-state index < -0.39 is 0 Å². The summed E-state index contributed by atoms with van der Waals surface area (Å²) in [6.45, 7) is 7.84. The third-order valence-corrected chi connectivity index (χ3v) is 3.58. The number of hydrogen-bond acceptors (Lipinski definition) is 3. The molecule has 21 heavy (non-hydrogen) atoms. The maximum absolute atomic E-state index is 5.73. The van der Waals surface area contributed by atoms with Gasteiger partial charge in [0.05, 0.1) is 16.6 Å². The van der Waals surface area contributed by atoms with Crippen LogP contribution in [0.15, 0.2) is 34.9 Å². The minimum Gasteiger partial charge on any atom is -0.469 e. The van der Waals surface area contributed by atoms with Crippen LogP contribution in [0.1, 0.15) is 25.2 Å². The highest BCUT2D eigenvalue weighted by molar-refractivity contribution is 5.81. The quantitative estimate of drug-likeness (QED) is 0.794. The molecule has 0 fully saturated rings. The Morgan fingerprint density at radius 1 is 1.29 bits per heavy atom. The molecule has 2 aromatic heterocycles. The van der Waals surface area contributed by atoms with Crippen LogP contribution < -0.4 is 5.73 Å². The third kappa shape index (κ3) is 2.59. The number of fused-ring (bicyclic) bond motifs is 1. The van der Waals surface area contributed by atoms with Crippen LogP contribution in [0, 0.1) is 12.8 Å². The second-order valence-corrected chi connectivity index (χ2v) is 5.91. The van der Waals surface area contributed by atoms with Gasteiger partial charge in [0.15, 0.2) is 0 Å². The summed E-state index contributed by atoms with van der Waals surface area (Å²) in [6.07, 6.45) is 1.78. The van der Waals surface area contributed by atoms with Crippen molar-refractivity contribution in [3.8, 4) is 11.4 Å². The fraction of sp³-hybridized carbons (Fsp3) is 0.353. The standard InChI is InChI=1S/C17H21N3O/c1-11(2)9-20-16-5-4-13(8-18)7-15(16)19-17(20)14-6-12(3)21-10-14/h4-7,10-11H,8-9,18H2,1-3H3. The molecular formula is C17H21N3O. The molecule has 2 N–H and O–H groups in total. The molecule has 2 heterocycles. The third-order valence-electron chi connectivity index (χ3n) is 3.58. The van der Waals surface area contributed by atoms with Crippen LogP contribution in [0.3, 0.4) is 0 Å². The molecule has 0 unspecified atom stereocenters. The molecule has 0 aliphatic rings. The summed E-state index contributed by atoms with van der Waals surface area (Å²) >= 11 is 0. The average Bonchev–Trinajstić information content (AvgIpc) is 3.02. The van der Waals surface area contributed by atoms with Gasteiger partial charge in [0.1, 0.15) is 17.8 Å². The molecule has 0 atom stereocenters. The zero-order valence-corrected chi connectivity index (χ0v) is 12.8. The number of rotatable bonds is 4. The second kappa shape index (κ2) is 5.37. The first-order chi connectivity index (χ1) is 10.1. The highest BCUT2D eigenvalue weighted by Crippen LogP contribution is 2.27. The molecule has 3 rings (SSSR count). The molecule has 0 bridgehead atoms. The number of hydrogen-bond donors (Lipinski definition) is 1. The Hall–Kier alpha value is -2.07. The average molecular weight is 283 g/mol. The number of imidazole rings is 1. The number of aromatic nitrogens is 2. The van der Waals surface area contributed by atoms with Gasteiger partial charge in [-0.3, -0.25) is 0 Å². The van der Waals surface area contributed by atoms with Gasteiger partial charge in [-0.1, -0.05) is 19.9 Å². The van der Waals surface area contributed by atoms with Gasteiger partial charge in [-0.15, -0.1) is 0 Å². The Kier molecular flexibility index (Phi) is 3.55. The Morgan fingerprint density at radius 2 is 2.10 bits per heavy atom. The largest absolute Gasteiger partial charge is 0.469 e. The van der Waals surface area contributed by atoms with E-state index in [9.17, 15) is 0 Å². The fourth-order valence-electron chi connectivity index (χ4n) is 2.63. The smallest absolute Gasteiger partial charge is 0.144 e. The van der Waals surface area contributed by atoms with Crippen molar-refractivity contribution in [1.82, 2.24) is 9.55 Å². The first-order valence-corrected chi connectivity index (χ1v) is 7.33. The number of aryl methyl sites for hydroxylation is 1. The molecule has 0 aliphatic carbocycles. The van der Waals surface area contributed by atoms with Crippen LogP contribution in [0.2, 0.25) is 0 Å². The highest BCUT2D eigenvalue weighted by Gasteiger charge is 2.15. The van der Waals surface area contributed by atoms with Crippen molar-refractivity contribution >= 4 is 11.0 Å². The number of nitrogens with two attached hydrogens (primary N) is 1. The number of nitrogens with zero attached hydrogens (tertiary/aromatic N) is 2. The van der Waals surface area contributed by atoms with Gasteiger partial charge in [-0.25, -0.2) is 4.98 Å². The van der Waals surface area contributed by atoms with Gasteiger partial charge in [0.2, 0.25) is 0 Å². The maximum Gasteiger partial charge on any atom is 0.144 e. The zero-order valence-electron chi connectivity index (χ0n) is 12.8. The second-order valence-electron chi connectivity index (χ2n) is 5.91. The summed E-state index contributed by atoms with van der Waals surface area (Å²) < 4.78 is 7.71. The van der Waals surface area contributed by atoms with Crippen LogP contribution in [-0.4, -0.2) is 9.55 Å². The highest BCUT2D eigenvalue weighted by atomic mass is 16.3. The van der Waals surface area contributed by atoms with E-state index in [0.29, 0.717) is 12.5 Å². The summed E-state index contributed by atoms with van der Waals surface area (Å²) in [5.41, 5.74) is 10.0. The molecule has 4 nitrogen and oxygen atoms in total. The van der Waals surface area contributed by atoms with E-state index in [1.54, 1.807) is 6.26 Å². The van der Waals surface area contributed by atoms with E-state index in [-0.39, 0.29) is 0 Å². The van der Waals surface area contributed by atoms with E-state index in [0.717, 1.165) is 40.3 Å². The first kappa shape index (κ1) is 13.9. The lowest BCUT2D eigenvalue weighted by molar-refractivity contribution is 0.529. The predicted octanol–water partition coefficient (Wildman–Crippen LogP) is 3.72. The van der Waals surface area contributed by atoms with Gasteiger partial charge in [-0.05, 0) is 36.6 Å². The van der Waals surface area contributed by atoms with Crippen LogP contribution >= 0.6 is 0 Å². The van der Waals surface area contributed by atoms with Gasteiger partial charge in [-0.2, -0.15) is 0 Å². The van der Waals surface area contributed by atoms with Gasteiger partial charge >= 0.3 is 0 Å². The maximum atomic E-state index is 5.73. The lowest BCUT2D eigenvalue weighted by Crippen LogP contribution is -2.06. The summed E-state index contributed by atoms with van der Waals surface area (Å²) in [5.74, 6) is 2.41. The van der Waals surface area contributed by atoms with E-state index in [1.165, 1.54) is 0 Å². The minimum absolute atomic E-state index is 0.535. The predicted molar refractivity (Wildman–Crippen MR) is 84.9 cm³/mol. The molecule has 0 radical (unpaired) electrons. The summed E-state index contributed by atoms with van der Waals surface area (Å²) in [5, 5.41) is 0. The van der Waals surface area contributed by atoms with Gasteiger partial charge in [0.25, 0.3) is 0 Å². The van der Waals surface area contributed by atoms with E-state index in [1.807, 2.05) is 13.0 Å². The molecule has 0 saturated carbocycles. The normalized spacial score (nSPS) is 11.7. The molecule has 0 spiro atoms. The van der Waals surface area contributed by atoms with Crippen molar-refractivity contribution in [2.24, 2.45) is 11.7 Å². The van der Waals surface area contributed by atoms with Crippen molar-refractivity contribution in [2.75, 3.05) is 0 Å². The summed E-state index contributed by atoms with van der Waals surface area (Å²) in [7, 11) is 0. The van der Waals surface area contributed by atoms with E-state index in [2.05, 4.69) is 36.6 Å². The van der Waals surface area contributed by atoms with E-state index >= 15 is 0 Å². The SMILES string of the molecule is Cc1cc(-c2nc3cc(CN)ccc3n2CC(C)C)co1. The topological polar surface area (TPSA) is 57.0 Å². The van der Waals surface area contributed by atoms with Crippen LogP contribution in [0.5, 0.6) is 0 Å². The van der Waals surface area contributed by atoms with E-state index in [4.69, 9.17) is 15.1 Å². The fourth-order valence-corrected chi connectivity index (χ4v) is 2.63. The van der Waals surface area contributed by atoms with Crippen molar-refractivity contribution in [3.05, 3.63) is 41.9 Å². The molecule has 110 valence electrons. The minimum atomic E-state index is 0.535. The Bertz CT molecular complexity index is 768. The van der Waals surface area contributed by atoms with Crippen molar-refractivity contribution in [1.29, 1.82) is 0 Å². The lowest BCUT2D eigenvalue weighted by Gasteiger charge is -2.10. The molecular weight excluding hydrogens is 262 g/mol. The van der Waals surface area contributed by atoms with Gasteiger partial charge in [0, 0.05) is 13.1 Å². The monoisotopic (exact) mass is 283 g/mol. The first-order valence-electron chi connectivity index (χ1n) is 7.33. The van der Waals surface area contributed by atoms with Gasteiger partial charge < -0.3 is 14.7 Å². The molecule has 0 saturated heterocycles. The Morgan fingerprint density at radius 3 is 2.71 bits per heavy atom. The van der Waals surface area contributed by atoms with Crippen LogP contribution in [0.25, 0.3) is 22.4 Å². The molecule has 1 aromatic carbocycles. The lowest BCUT2D eigenvalue weighted by atomic mass is 10.2. The van der Waals surface area contributed by atoms with Crippen LogP contribution in [-0.2, 0) is 13.1 Å². The van der Waals surface area contributed by atoms with Crippen molar-refractivity contribution in [2.45, 2.75) is 33.9 Å². The zero-order chi connectivity index (χ0) is 15.0. The molecule has 4 heteroatoms. The number of furan rings is 1. The van der Waals surface area contributed by atoms with Crippen LogP contribution in [0.4, 0.5) is 0 Å². The molecule has 0 aliphatic heterocycles. The molecule has 0 amide bonds. The Labute approximate surface area is 124 Å². The molecule has 3 aromatic rings. The Balaban J connectivity index is 2.21. The van der Waals surface area contributed by atoms with Crippen molar-refractivity contribution in [3.63, 3.8) is 0 Å². The van der Waals surface area contributed by atoms with Crippen molar-refractivity contribution < 1.29 is 4.42 Å². The summed E-state index contributed by atoms with van der Waals surface area (Å²) in [6, 6.07) is 8.29.